The Kier molecular flexibility index (Phi) is 6.26. The van der Waals surface area contributed by atoms with Gasteiger partial charge in [0.2, 0.25) is 0 Å². The van der Waals surface area contributed by atoms with Gasteiger partial charge >= 0.3 is 10.2 Å². The molecule has 3 heterocycles. The number of hydrogen-bond acceptors (Lipinski definition) is 6. The third kappa shape index (κ3) is 4.38. The SMILES string of the molecule is CCN(C)S(=O)(=O)NC(=O)c1cnc2ccc(N3CCCC3c3cc(F)ccc3OC)cn12. The van der Waals surface area contributed by atoms with Crippen molar-refractivity contribution in [1.82, 2.24) is 18.4 Å². The van der Waals surface area contributed by atoms with Gasteiger partial charge in [0.25, 0.3) is 5.91 Å². The molecule has 1 aliphatic heterocycles. The highest BCUT2D eigenvalue weighted by atomic mass is 32.2. The Morgan fingerprint density at radius 2 is 2.12 bits per heavy atom. The zero-order chi connectivity index (χ0) is 23.8. The molecule has 1 aliphatic rings. The number of aromatic nitrogens is 2. The van der Waals surface area contributed by atoms with Gasteiger partial charge in [-0.25, -0.2) is 14.1 Å². The van der Waals surface area contributed by atoms with E-state index in [4.69, 9.17) is 4.74 Å². The number of nitrogens with zero attached hydrogens (tertiary/aromatic N) is 4. The lowest BCUT2D eigenvalue weighted by Gasteiger charge is -2.28. The van der Waals surface area contributed by atoms with Crippen molar-refractivity contribution in [1.29, 1.82) is 0 Å². The van der Waals surface area contributed by atoms with Gasteiger partial charge < -0.3 is 9.64 Å². The molecule has 0 radical (unpaired) electrons. The van der Waals surface area contributed by atoms with Crippen molar-refractivity contribution in [3.63, 3.8) is 0 Å². The van der Waals surface area contributed by atoms with Crippen LogP contribution in [0.15, 0.2) is 42.7 Å². The van der Waals surface area contributed by atoms with Crippen LogP contribution in [0, 0.1) is 5.82 Å². The van der Waals surface area contributed by atoms with Gasteiger partial charge in [-0.1, -0.05) is 6.92 Å². The number of pyridine rings is 1. The molecular weight excluding hydrogens is 449 g/mol. The minimum atomic E-state index is -3.95. The minimum Gasteiger partial charge on any atom is -0.496 e. The Balaban J connectivity index is 1.69. The molecule has 1 fully saturated rings. The van der Waals surface area contributed by atoms with Crippen LogP contribution in [0.1, 0.15) is 41.9 Å². The predicted octanol–water partition coefficient (Wildman–Crippen LogP) is 2.75. The van der Waals surface area contributed by atoms with Gasteiger partial charge in [-0.15, -0.1) is 0 Å². The number of rotatable bonds is 7. The summed E-state index contributed by atoms with van der Waals surface area (Å²) in [5.74, 6) is -0.494. The van der Waals surface area contributed by atoms with Crippen molar-refractivity contribution in [3.8, 4) is 5.75 Å². The topological polar surface area (TPSA) is 96.2 Å². The Morgan fingerprint density at radius 1 is 1.33 bits per heavy atom. The fraction of sp³-hybridized carbons (Fsp3) is 0.364. The smallest absolute Gasteiger partial charge is 0.303 e. The van der Waals surface area contributed by atoms with Gasteiger partial charge in [-0.3, -0.25) is 9.20 Å². The number of imidazole rings is 1. The lowest BCUT2D eigenvalue weighted by atomic mass is 10.0. The lowest BCUT2D eigenvalue weighted by Crippen LogP contribution is -2.41. The summed E-state index contributed by atoms with van der Waals surface area (Å²) < 4.78 is 48.7. The van der Waals surface area contributed by atoms with E-state index < -0.39 is 16.1 Å². The van der Waals surface area contributed by atoms with E-state index in [-0.39, 0.29) is 24.1 Å². The van der Waals surface area contributed by atoms with E-state index in [1.807, 2.05) is 6.07 Å². The monoisotopic (exact) mass is 475 g/mol. The molecule has 1 unspecified atom stereocenters. The van der Waals surface area contributed by atoms with Crippen molar-refractivity contribution in [2.24, 2.45) is 0 Å². The lowest BCUT2D eigenvalue weighted by molar-refractivity contribution is 0.0974. The van der Waals surface area contributed by atoms with Crippen LogP contribution in [0.5, 0.6) is 5.75 Å². The fourth-order valence-electron chi connectivity index (χ4n) is 4.09. The minimum absolute atomic E-state index is 0.0963. The number of benzene rings is 1. The van der Waals surface area contributed by atoms with Gasteiger partial charge in [0.1, 0.15) is 22.9 Å². The first kappa shape index (κ1) is 23.0. The van der Waals surface area contributed by atoms with Crippen LogP contribution in [0.3, 0.4) is 0 Å². The summed E-state index contributed by atoms with van der Waals surface area (Å²) in [5.41, 5.74) is 2.16. The van der Waals surface area contributed by atoms with E-state index in [1.54, 1.807) is 36.8 Å². The summed E-state index contributed by atoms with van der Waals surface area (Å²) in [5, 5.41) is 0. The molecule has 33 heavy (non-hydrogen) atoms. The molecule has 0 spiro atoms. The molecule has 1 aromatic carbocycles. The highest BCUT2D eigenvalue weighted by Gasteiger charge is 2.30. The molecule has 1 atom stereocenters. The average Bonchev–Trinajstić information content (AvgIpc) is 3.44. The molecule has 2 aromatic heterocycles. The molecule has 0 saturated carbocycles. The number of nitrogens with one attached hydrogen (secondary N) is 1. The Bertz CT molecular complexity index is 1290. The summed E-state index contributed by atoms with van der Waals surface area (Å²) >= 11 is 0. The molecule has 176 valence electrons. The van der Waals surface area contributed by atoms with Crippen LogP contribution in [0.2, 0.25) is 0 Å². The summed E-state index contributed by atoms with van der Waals surface area (Å²) in [4.78, 5) is 19.1. The Labute approximate surface area is 192 Å². The maximum absolute atomic E-state index is 14.0. The number of carbonyl (C=O) groups is 1. The van der Waals surface area contributed by atoms with E-state index in [2.05, 4.69) is 14.6 Å². The highest BCUT2D eigenvalue weighted by Crippen LogP contribution is 2.40. The maximum atomic E-state index is 14.0. The summed E-state index contributed by atoms with van der Waals surface area (Å²) in [6, 6.07) is 8.02. The number of amides is 1. The summed E-state index contributed by atoms with van der Waals surface area (Å²) in [6.07, 6.45) is 4.81. The molecule has 1 saturated heterocycles. The van der Waals surface area contributed by atoms with Crippen molar-refractivity contribution in [2.75, 3.05) is 32.1 Å². The molecule has 11 heteroatoms. The number of anilines is 1. The van der Waals surface area contributed by atoms with E-state index in [1.165, 1.54) is 25.4 Å². The van der Waals surface area contributed by atoms with Crippen LogP contribution >= 0.6 is 0 Å². The summed E-state index contributed by atoms with van der Waals surface area (Å²) in [7, 11) is -1.01. The number of ether oxygens (including phenoxy) is 1. The molecule has 0 aliphatic carbocycles. The largest absolute Gasteiger partial charge is 0.496 e. The van der Waals surface area contributed by atoms with Gasteiger partial charge in [-0.05, 0) is 43.2 Å². The van der Waals surface area contributed by atoms with Crippen molar-refractivity contribution >= 4 is 27.5 Å². The summed E-state index contributed by atoms with van der Waals surface area (Å²) in [6.45, 7) is 2.63. The molecule has 3 aromatic rings. The third-order valence-electron chi connectivity index (χ3n) is 5.94. The van der Waals surface area contributed by atoms with E-state index in [0.717, 1.165) is 34.9 Å². The molecule has 9 nitrogen and oxygen atoms in total. The average molecular weight is 476 g/mol. The van der Waals surface area contributed by atoms with E-state index in [0.29, 0.717) is 11.4 Å². The van der Waals surface area contributed by atoms with E-state index >= 15 is 0 Å². The van der Waals surface area contributed by atoms with E-state index in [9.17, 15) is 17.6 Å². The van der Waals surface area contributed by atoms with Crippen LogP contribution in [-0.2, 0) is 10.2 Å². The number of halogens is 1. The van der Waals surface area contributed by atoms with Crippen LogP contribution < -0.4 is 14.4 Å². The Hall–Kier alpha value is -3.18. The second-order valence-electron chi connectivity index (χ2n) is 7.85. The Morgan fingerprint density at radius 3 is 2.85 bits per heavy atom. The number of hydrogen-bond donors (Lipinski definition) is 1. The second kappa shape index (κ2) is 8.99. The van der Waals surface area contributed by atoms with Gasteiger partial charge in [0.05, 0.1) is 25.0 Å². The van der Waals surface area contributed by atoms with Gasteiger partial charge in [0.15, 0.2) is 0 Å². The number of methoxy groups -OCH3 is 1. The first-order chi connectivity index (χ1) is 15.7. The zero-order valence-electron chi connectivity index (χ0n) is 18.7. The van der Waals surface area contributed by atoms with Crippen LogP contribution in [0.4, 0.5) is 10.1 Å². The fourth-order valence-corrected chi connectivity index (χ4v) is 4.92. The van der Waals surface area contributed by atoms with Gasteiger partial charge in [0, 0.05) is 31.9 Å². The first-order valence-electron chi connectivity index (χ1n) is 10.6. The number of fused-ring (bicyclic) bond motifs is 1. The number of carbonyl (C=O) groups excluding carboxylic acids is 1. The quantitative estimate of drug-likeness (QED) is 0.565. The van der Waals surface area contributed by atoms with Crippen molar-refractivity contribution in [3.05, 3.63) is 59.8 Å². The zero-order valence-corrected chi connectivity index (χ0v) is 19.5. The third-order valence-corrected chi connectivity index (χ3v) is 7.46. The highest BCUT2D eigenvalue weighted by molar-refractivity contribution is 7.87. The normalized spacial score (nSPS) is 16.5. The molecular formula is C22H26FN5O4S. The van der Waals surface area contributed by atoms with Gasteiger partial charge in [-0.2, -0.15) is 12.7 Å². The van der Waals surface area contributed by atoms with Crippen LogP contribution in [0.25, 0.3) is 5.65 Å². The molecule has 4 rings (SSSR count). The van der Waals surface area contributed by atoms with Crippen molar-refractivity contribution in [2.45, 2.75) is 25.8 Å². The predicted molar refractivity (Wildman–Crippen MR) is 122 cm³/mol. The molecule has 0 bridgehead atoms. The standard InChI is InChI=1S/C22H26FN5O4S/c1-4-26(2)33(30,31)25-22(29)19-13-24-21-10-8-16(14-28(19)21)27-11-5-6-18(27)17-12-15(23)7-9-20(17)32-3/h7-10,12-14,18H,4-6,11H2,1-3H3,(H,25,29). The second-order valence-corrected chi connectivity index (χ2v) is 9.62. The van der Waals surface area contributed by atoms with Crippen molar-refractivity contribution < 1.29 is 22.3 Å². The van der Waals surface area contributed by atoms with Crippen LogP contribution in [-0.4, -0.2) is 55.3 Å². The first-order valence-corrected chi connectivity index (χ1v) is 12.0. The molecule has 1 amide bonds. The molecule has 1 N–H and O–H groups in total. The maximum Gasteiger partial charge on any atom is 0.303 e.